The summed E-state index contributed by atoms with van der Waals surface area (Å²) in [6.45, 7) is 1.29. The highest BCUT2D eigenvalue weighted by molar-refractivity contribution is 5.71. The van der Waals surface area contributed by atoms with Gasteiger partial charge >= 0.3 is 5.97 Å². The predicted octanol–water partition coefficient (Wildman–Crippen LogP) is 0.888. The molecule has 0 bridgehead atoms. The minimum Gasteiger partial charge on any atom is -0.481 e. The lowest BCUT2D eigenvalue weighted by Gasteiger charge is -2.28. The molecule has 0 aromatic carbocycles. The van der Waals surface area contributed by atoms with Gasteiger partial charge in [0.1, 0.15) is 0 Å². The highest BCUT2D eigenvalue weighted by Gasteiger charge is 2.54. The average molecular weight is 156 g/mol. The number of rotatable bonds is 1. The standard InChI is InChI=1S/C8H12O3/c9-7(10)6-1-4-11-5-8(6)2-3-8/h6H,1-5H2,(H,9,10). The molecule has 0 aromatic rings. The third-order valence-electron chi connectivity index (χ3n) is 2.87. The Balaban J connectivity index is 2.10. The van der Waals surface area contributed by atoms with Gasteiger partial charge < -0.3 is 9.84 Å². The fraction of sp³-hybridized carbons (Fsp3) is 0.875. The van der Waals surface area contributed by atoms with Crippen molar-refractivity contribution in [1.82, 2.24) is 0 Å². The van der Waals surface area contributed by atoms with Gasteiger partial charge in [-0.15, -0.1) is 0 Å². The highest BCUT2D eigenvalue weighted by Crippen LogP contribution is 2.55. The molecular weight excluding hydrogens is 144 g/mol. The summed E-state index contributed by atoms with van der Waals surface area (Å²) in [6, 6.07) is 0. The summed E-state index contributed by atoms with van der Waals surface area (Å²) in [6.07, 6.45) is 2.79. The Hall–Kier alpha value is -0.570. The van der Waals surface area contributed by atoms with Crippen LogP contribution in [-0.2, 0) is 9.53 Å². The summed E-state index contributed by atoms with van der Waals surface area (Å²) < 4.78 is 5.26. The van der Waals surface area contributed by atoms with E-state index in [9.17, 15) is 4.79 Å². The van der Waals surface area contributed by atoms with Crippen molar-refractivity contribution in [2.75, 3.05) is 13.2 Å². The first kappa shape index (κ1) is 7.10. The second kappa shape index (κ2) is 2.21. The normalized spacial score (nSPS) is 33.6. The number of carboxylic acid groups (broad SMARTS) is 1. The fourth-order valence-electron chi connectivity index (χ4n) is 1.92. The van der Waals surface area contributed by atoms with Crippen molar-refractivity contribution in [2.45, 2.75) is 19.3 Å². The van der Waals surface area contributed by atoms with Crippen LogP contribution in [0, 0.1) is 11.3 Å². The molecule has 1 N–H and O–H groups in total. The number of hydrogen-bond donors (Lipinski definition) is 1. The Morgan fingerprint density at radius 3 is 2.73 bits per heavy atom. The minimum absolute atomic E-state index is 0.0457. The average Bonchev–Trinajstić information content (AvgIpc) is 2.70. The first-order valence-electron chi connectivity index (χ1n) is 4.05. The summed E-state index contributed by atoms with van der Waals surface area (Å²) in [5, 5.41) is 8.86. The largest absolute Gasteiger partial charge is 0.481 e. The van der Waals surface area contributed by atoms with Crippen molar-refractivity contribution in [2.24, 2.45) is 11.3 Å². The Bertz CT molecular complexity index is 184. The maximum absolute atomic E-state index is 10.8. The Morgan fingerprint density at radius 1 is 1.55 bits per heavy atom. The summed E-state index contributed by atoms with van der Waals surface area (Å²) >= 11 is 0. The zero-order valence-corrected chi connectivity index (χ0v) is 6.38. The summed E-state index contributed by atoms with van der Waals surface area (Å²) in [7, 11) is 0. The molecule has 1 atom stereocenters. The second-order valence-electron chi connectivity index (χ2n) is 3.59. The molecule has 1 aliphatic carbocycles. The zero-order chi connectivity index (χ0) is 7.90. The van der Waals surface area contributed by atoms with Crippen LogP contribution < -0.4 is 0 Å². The van der Waals surface area contributed by atoms with Crippen molar-refractivity contribution in [3.8, 4) is 0 Å². The van der Waals surface area contributed by atoms with Gasteiger partial charge in [0, 0.05) is 12.0 Å². The van der Waals surface area contributed by atoms with Crippen molar-refractivity contribution in [3.05, 3.63) is 0 Å². The van der Waals surface area contributed by atoms with Crippen LogP contribution in [0.1, 0.15) is 19.3 Å². The maximum Gasteiger partial charge on any atom is 0.307 e. The number of aliphatic carboxylic acids is 1. The number of carbonyl (C=O) groups is 1. The van der Waals surface area contributed by atoms with Crippen LogP contribution in [0.25, 0.3) is 0 Å². The predicted molar refractivity (Wildman–Crippen MR) is 38.2 cm³/mol. The van der Waals surface area contributed by atoms with Crippen LogP contribution in [0.15, 0.2) is 0 Å². The van der Waals surface area contributed by atoms with Gasteiger partial charge in [-0.25, -0.2) is 0 Å². The molecule has 1 heterocycles. The molecule has 3 heteroatoms. The second-order valence-corrected chi connectivity index (χ2v) is 3.59. The molecule has 0 radical (unpaired) electrons. The van der Waals surface area contributed by atoms with E-state index in [2.05, 4.69) is 0 Å². The van der Waals surface area contributed by atoms with Crippen molar-refractivity contribution in [3.63, 3.8) is 0 Å². The molecular formula is C8H12O3. The van der Waals surface area contributed by atoms with Gasteiger partial charge in [-0.1, -0.05) is 0 Å². The van der Waals surface area contributed by atoms with Crippen LogP contribution in [0.3, 0.4) is 0 Å². The molecule has 0 aromatic heterocycles. The number of carboxylic acids is 1. The van der Waals surface area contributed by atoms with Crippen molar-refractivity contribution >= 4 is 5.97 Å². The van der Waals surface area contributed by atoms with Gasteiger partial charge in [-0.3, -0.25) is 4.79 Å². The van der Waals surface area contributed by atoms with E-state index in [1.54, 1.807) is 0 Å². The van der Waals surface area contributed by atoms with Gasteiger partial charge in [-0.05, 0) is 19.3 Å². The first-order chi connectivity index (χ1) is 5.25. The van der Waals surface area contributed by atoms with Crippen molar-refractivity contribution in [1.29, 1.82) is 0 Å². The summed E-state index contributed by atoms with van der Waals surface area (Å²) in [4.78, 5) is 10.8. The quantitative estimate of drug-likeness (QED) is 0.613. The molecule has 1 saturated carbocycles. The molecule has 1 aliphatic heterocycles. The van der Waals surface area contributed by atoms with E-state index in [4.69, 9.17) is 9.84 Å². The van der Waals surface area contributed by atoms with Gasteiger partial charge in [0.05, 0.1) is 12.5 Å². The smallest absolute Gasteiger partial charge is 0.307 e. The van der Waals surface area contributed by atoms with E-state index in [1.165, 1.54) is 0 Å². The van der Waals surface area contributed by atoms with E-state index in [0.717, 1.165) is 12.8 Å². The van der Waals surface area contributed by atoms with Crippen LogP contribution in [0.4, 0.5) is 0 Å². The molecule has 62 valence electrons. The Morgan fingerprint density at radius 2 is 2.27 bits per heavy atom. The van der Waals surface area contributed by atoms with E-state index >= 15 is 0 Å². The van der Waals surface area contributed by atoms with Gasteiger partial charge in [-0.2, -0.15) is 0 Å². The van der Waals surface area contributed by atoms with Crippen LogP contribution in [0.5, 0.6) is 0 Å². The zero-order valence-electron chi connectivity index (χ0n) is 6.38. The lowest BCUT2D eigenvalue weighted by atomic mass is 9.85. The fourth-order valence-corrected chi connectivity index (χ4v) is 1.92. The highest BCUT2D eigenvalue weighted by atomic mass is 16.5. The van der Waals surface area contributed by atoms with Crippen LogP contribution in [-0.4, -0.2) is 24.3 Å². The molecule has 2 rings (SSSR count). The summed E-state index contributed by atoms with van der Waals surface area (Å²) in [5.41, 5.74) is 0.0457. The van der Waals surface area contributed by atoms with Crippen molar-refractivity contribution < 1.29 is 14.6 Å². The molecule has 1 spiro atoms. The van der Waals surface area contributed by atoms with E-state index in [-0.39, 0.29) is 11.3 Å². The lowest BCUT2D eigenvalue weighted by Crippen LogP contribution is -2.34. The molecule has 3 nitrogen and oxygen atoms in total. The topological polar surface area (TPSA) is 46.5 Å². The summed E-state index contributed by atoms with van der Waals surface area (Å²) in [5.74, 6) is -0.762. The molecule has 2 fully saturated rings. The molecule has 2 aliphatic rings. The molecule has 0 amide bonds. The Kier molecular flexibility index (Phi) is 1.42. The van der Waals surface area contributed by atoms with Crippen LogP contribution >= 0.6 is 0 Å². The van der Waals surface area contributed by atoms with E-state index < -0.39 is 5.97 Å². The first-order valence-corrected chi connectivity index (χ1v) is 4.05. The van der Waals surface area contributed by atoms with Gasteiger partial charge in [0.2, 0.25) is 0 Å². The SMILES string of the molecule is O=C(O)C1CCOCC12CC2. The molecule has 1 saturated heterocycles. The number of hydrogen-bond acceptors (Lipinski definition) is 2. The maximum atomic E-state index is 10.8. The third kappa shape index (κ3) is 1.03. The lowest BCUT2D eigenvalue weighted by molar-refractivity contribution is -0.149. The molecule has 1 unspecified atom stereocenters. The molecule has 11 heavy (non-hydrogen) atoms. The monoisotopic (exact) mass is 156 g/mol. The minimum atomic E-state index is -0.634. The van der Waals surface area contributed by atoms with E-state index in [1.807, 2.05) is 0 Å². The van der Waals surface area contributed by atoms with Gasteiger partial charge in [0.25, 0.3) is 0 Å². The third-order valence-corrected chi connectivity index (χ3v) is 2.87. The van der Waals surface area contributed by atoms with Gasteiger partial charge in [0.15, 0.2) is 0 Å². The Labute approximate surface area is 65.4 Å². The van der Waals surface area contributed by atoms with Crippen LogP contribution in [0.2, 0.25) is 0 Å². The van der Waals surface area contributed by atoms with E-state index in [0.29, 0.717) is 19.6 Å². The number of ether oxygens (including phenoxy) is 1.